The number of rotatable bonds is 11. The summed E-state index contributed by atoms with van der Waals surface area (Å²) in [5.41, 5.74) is 0.495. The van der Waals surface area contributed by atoms with Crippen LogP contribution in [0.3, 0.4) is 0 Å². The minimum atomic E-state index is -3.89. The Morgan fingerprint density at radius 3 is 2.14 bits per heavy atom. The van der Waals surface area contributed by atoms with Crippen molar-refractivity contribution in [2.24, 2.45) is 0 Å². The fourth-order valence-electron chi connectivity index (χ4n) is 2.32. The van der Waals surface area contributed by atoms with Crippen LogP contribution >= 0.6 is 0 Å². The second-order valence-electron chi connectivity index (χ2n) is 5.45. The molecule has 0 saturated carbocycles. The normalized spacial score (nSPS) is 12.2. The van der Waals surface area contributed by atoms with Crippen LogP contribution in [-0.4, -0.2) is 61.8 Å². The molecule has 0 aromatic heterocycles. The van der Waals surface area contributed by atoms with Crippen molar-refractivity contribution in [3.05, 3.63) is 12.2 Å². The summed E-state index contributed by atoms with van der Waals surface area (Å²) in [6, 6.07) is 0. The highest BCUT2D eigenvalue weighted by Gasteiger charge is 2.23. The summed E-state index contributed by atoms with van der Waals surface area (Å²) in [4.78, 5) is 11.4. The van der Waals surface area contributed by atoms with Gasteiger partial charge in [-0.2, -0.15) is 8.42 Å². The van der Waals surface area contributed by atoms with E-state index in [9.17, 15) is 13.2 Å². The average molecular weight is 321 g/mol. The lowest BCUT2D eigenvalue weighted by molar-refractivity contribution is -0.925. The highest BCUT2D eigenvalue weighted by molar-refractivity contribution is 7.85. The van der Waals surface area contributed by atoms with E-state index < -0.39 is 10.1 Å². The molecule has 0 aromatic rings. The first-order valence-corrected chi connectivity index (χ1v) is 9.00. The van der Waals surface area contributed by atoms with Gasteiger partial charge in [-0.05, 0) is 20.8 Å². The maximum atomic E-state index is 11.4. The van der Waals surface area contributed by atoms with E-state index in [-0.39, 0.29) is 11.7 Å². The quantitative estimate of drug-likeness (QED) is 0.259. The average Bonchev–Trinajstić information content (AvgIpc) is 2.40. The zero-order chi connectivity index (χ0) is 16.5. The molecule has 21 heavy (non-hydrogen) atoms. The van der Waals surface area contributed by atoms with Crippen molar-refractivity contribution in [2.45, 2.75) is 33.6 Å². The molecular formula is C14H29N2O4S+. The van der Waals surface area contributed by atoms with Gasteiger partial charge in [-0.3, -0.25) is 9.35 Å². The fourth-order valence-corrected chi connectivity index (χ4v) is 2.81. The van der Waals surface area contributed by atoms with Gasteiger partial charge >= 0.3 is 0 Å². The number of carbonyl (C=O) groups is 1. The second kappa shape index (κ2) is 9.17. The number of carbonyl (C=O) groups excluding carboxylic acids is 1. The minimum absolute atomic E-state index is 0.132. The van der Waals surface area contributed by atoms with Gasteiger partial charge in [0, 0.05) is 25.0 Å². The first kappa shape index (κ1) is 20.1. The van der Waals surface area contributed by atoms with Crippen LogP contribution in [0, 0.1) is 0 Å². The molecule has 0 unspecified atom stereocenters. The summed E-state index contributed by atoms with van der Waals surface area (Å²) < 4.78 is 31.2. The van der Waals surface area contributed by atoms with E-state index in [0.29, 0.717) is 25.1 Å². The molecule has 0 aliphatic carbocycles. The molecule has 0 bridgehead atoms. The molecule has 0 aliphatic heterocycles. The van der Waals surface area contributed by atoms with Crippen molar-refractivity contribution in [1.29, 1.82) is 0 Å². The molecule has 6 nitrogen and oxygen atoms in total. The van der Waals surface area contributed by atoms with E-state index in [1.165, 1.54) is 0 Å². The van der Waals surface area contributed by atoms with Crippen LogP contribution in [0.4, 0.5) is 0 Å². The highest BCUT2D eigenvalue weighted by Crippen LogP contribution is 2.10. The lowest BCUT2D eigenvalue weighted by atomic mass is 10.2. The van der Waals surface area contributed by atoms with Gasteiger partial charge in [0.1, 0.15) is 0 Å². The number of amides is 1. The molecule has 0 heterocycles. The number of quaternary nitrogens is 1. The summed E-state index contributed by atoms with van der Waals surface area (Å²) in [5.74, 6) is -0.327. The Kier molecular flexibility index (Phi) is 8.77. The van der Waals surface area contributed by atoms with E-state index in [4.69, 9.17) is 4.55 Å². The molecule has 0 radical (unpaired) electrons. The fraction of sp³-hybridized carbons (Fsp3) is 0.786. The molecule has 2 N–H and O–H groups in total. The standard InChI is InChI=1S/C14H28N2O4S/c1-5-16(6-2,11-8-12-21(18,19)20)10-7-9-15-14(17)13(3)4/h3,5-12H2,1-2,4H3,(H-,15,17,18,19,20)/p+1. The van der Waals surface area contributed by atoms with E-state index >= 15 is 0 Å². The Morgan fingerprint density at radius 2 is 1.71 bits per heavy atom. The van der Waals surface area contributed by atoms with E-state index in [0.717, 1.165) is 30.5 Å². The van der Waals surface area contributed by atoms with Gasteiger partial charge in [0.25, 0.3) is 10.1 Å². The lowest BCUT2D eigenvalue weighted by Gasteiger charge is -2.37. The highest BCUT2D eigenvalue weighted by atomic mass is 32.2. The van der Waals surface area contributed by atoms with Crippen LogP contribution in [0.5, 0.6) is 0 Å². The molecule has 0 spiro atoms. The minimum Gasteiger partial charge on any atom is -0.352 e. The van der Waals surface area contributed by atoms with Crippen molar-refractivity contribution in [3.63, 3.8) is 0 Å². The number of nitrogens with zero attached hydrogens (tertiary/aromatic N) is 1. The van der Waals surface area contributed by atoms with Gasteiger partial charge in [0.15, 0.2) is 0 Å². The second-order valence-corrected chi connectivity index (χ2v) is 7.02. The maximum Gasteiger partial charge on any atom is 0.265 e. The number of hydrogen-bond acceptors (Lipinski definition) is 3. The monoisotopic (exact) mass is 321 g/mol. The van der Waals surface area contributed by atoms with Crippen LogP contribution in [-0.2, 0) is 14.9 Å². The molecule has 0 atom stereocenters. The Labute approximate surface area is 128 Å². The van der Waals surface area contributed by atoms with Crippen LogP contribution in [0.25, 0.3) is 0 Å². The van der Waals surface area contributed by atoms with Gasteiger partial charge < -0.3 is 9.80 Å². The van der Waals surface area contributed by atoms with Crippen LogP contribution < -0.4 is 5.32 Å². The van der Waals surface area contributed by atoms with Gasteiger partial charge in [0.2, 0.25) is 5.91 Å². The largest absolute Gasteiger partial charge is 0.352 e. The molecule has 0 aromatic carbocycles. The molecule has 0 saturated heterocycles. The van der Waals surface area contributed by atoms with Crippen molar-refractivity contribution >= 4 is 16.0 Å². The summed E-state index contributed by atoms with van der Waals surface area (Å²) in [6.07, 6.45) is 1.27. The molecule has 0 aliphatic rings. The molecule has 0 rings (SSSR count). The first-order valence-electron chi connectivity index (χ1n) is 7.39. The van der Waals surface area contributed by atoms with Crippen LogP contribution in [0.2, 0.25) is 0 Å². The molecular weight excluding hydrogens is 292 g/mol. The van der Waals surface area contributed by atoms with Crippen molar-refractivity contribution in [1.82, 2.24) is 5.32 Å². The SMILES string of the molecule is C=C(C)C(=O)NCCC[N+](CC)(CC)CCCS(=O)(=O)O. The molecule has 1 amide bonds. The van der Waals surface area contributed by atoms with Gasteiger partial charge in [-0.15, -0.1) is 0 Å². The van der Waals surface area contributed by atoms with E-state index in [1.807, 2.05) is 0 Å². The number of nitrogens with one attached hydrogen (secondary N) is 1. The lowest BCUT2D eigenvalue weighted by Crippen LogP contribution is -2.50. The van der Waals surface area contributed by atoms with E-state index in [1.54, 1.807) is 6.92 Å². The molecule has 0 fully saturated rings. The predicted octanol–water partition coefficient (Wildman–Crippen LogP) is 1.20. The van der Waals surface area contributed by atoms with Crippen LogP contribution in [0.15, 0.2) is 12.2 Å². The number of hydrogen-bond donors (Lipinski definition) is 2. The topological polar surface area (TPSA) is 83.5 Å². The van der Waals surface area contributed by atoms with Crippen LogP contribution in [0.1, 0.15) is 33.6 Å². The smallest absolute Gasteiger partial charge is 0.265 e. The third-order valence-corrected chi connectivity index (χ3v) is 4.66. The summed E-state index contributed by atoms with van der Waals surface area (Å²) in [5, 5.41) is 2.80. The third-order valence-electron chi connectivity index (χ3n) is 3.86. The predicted molar refractivity (Wildman–Crippen MR) is 84.5 cm³/mol. The zero-order valence-corrected chi connectivity index (χ0v) is 14.2. The van der Waals surface area contributed by atoms with Gasteiger partial charge in [-0.25, -0.2) is 0 Å². The summed E-state index contributed by atoms with van der Waals surface area (Å²) in [6.45, 7) is 13.4. The maximum absolute atomic E-state index is 11.4. The van der Waals surface area contributed by atoms with Crippen molar-refractivity contribution in [2.75, 3.05) is 38.5 Å². The van der Waals surface area contributed by atoms with Crippen molar-refractivity contribution < 1.29 is 22.2 Å². The zero-order valence-electron chi connectivity index (χ0n) is 13.4. The Balaban J connectivity index is 4.27. The van der Waals surface area contributed by atoms with Gasteiger partial charge in [-0.1, -0.05) is 6.58 Å². The first-order chi connectivity index (χ1) is 9.66. The van der Waals surface area contributed by atoms with Gasteiger partial charge in [0.05, 0.1) is 31.9 Å². The van der Waals surface area contributed by atoms with E-state index in [2.05, 4.69) is 25.7 Å². The Hall–Kier alpha value is -0.920. The molecule has 124 valence electrons. The summed E-state index contributed by atoms with van der Waals surface area (Å²) >= 11 is 0. The summed E-state index contributed by atoms with van der Waals surface area (Å²) in [7, 11) is -3.89. The Bertz CT molecular complexity index is 442. The molecule has 7 heteroatoms. The van der Waals surface area contributed by atoms with Crippen molar-refractivity contribution in [3.8, 4) is 0 Å². The third kappa shape index (κ3) is 8.85. The Morgan fingerprint density at radius 1 is 1.19 bits per heavy atom.